The standard InChI is InChI=1S/C24H21N5O2/c1-16(2)31-23-9-8-18(12-26-23)20-10-24(30)28(3)15-21(20)19-13-27-29(14-19)22-7-5-4-6-17(22)11-25/h4-10,12-16H,1-3H3. The van der Waals surface area contributed by atoms with Crippen LogP contribution in [0.25, 0.3) is 27.9 Å². The van der Waals surface area contributed by atoms with Gasteiger partial charge in [0.15, 0.2) is 0 Å². The third-order valence-electron chi connectivity index (χ3n) is 4.80. The smallest absolute Gasteiger partial charge is 0.250 e. The minimum atomic E-state index is -0.122. The van der Waals surface area contributed by atoms with E-state index in [1.165, 1.54) is 4.57 Å². The van der Waals surface area contributed by atoms with Crippen LogP contribution in [0, 0.1) is 11.3 Å². The first-order valence-corrected chi connectivity index (χ1v) is 9.84. The van der Waals surface area contributed by atoms with Crippen molar-refractivity contribution < 1.29 is 4.74 Å². The first-order chi connectivity index (χ1) is 15.0. The Bertz CT molecular complexity index is 1330. The molecule has 0 unspecified atom stereocenters. The zero-order valence-electron chi connectivity index (χ0n) is 17.5. The summed E-state index contributed by atoms with van der Waals surface area (Å²) in [6.07, 6.45) is 7.09. The van der Waals surface area contributed by atoms with Gasteiger partial charge in [0, 0.05) is 54.5 Å². The average Bonchev–Trinajstić information content (AvgIpc) is 3.25. The average molecular weight is 411 g/mol. The van der Waals surface area contributed by atoms with Crippen molar-refractivity contribution in [3.8, 4) is 39.9 Å². The summed E-state index contributed by atoms with van der Waals surface area (Å²) in [5, 5.41) is 13.8. The number of nitrogens with zero attached hydrogens (tertiary/aromatic N) is 5. The highest BCUT2D eigenvalue weighted by atomic mass is 16.5. The lowest BCUT2D eigenvalue weighted by molar-refractivity contribution is 0.232. The predicted molar refractivity (Wildman–Crippen MR) is 118 cm³/mol. The maximum Gasteiger partial charge on any atom is 0.250 e. The van der Waals surface area contributed by atoms with Crippen molar-refractivity contribution in [3.05, 3.63) is 83.2 Å². The highest BCUT2D eigenvalue weighted by Crippen LogP contribution is 2.31. The molecule has 7 heteroatoms. The van der Waals surface area contributed by atoms with Crippen LogP contribution in [-0.4, -0.2) is 25.4 Å². The van der Waals surface area contributed by atoms with Crippen molar-refractivity contribution in [3.63, 3.8) is 0 Å². The second-order valence-corrected chi connectivity index (χ2v) is 7.40. The monoisotopic (exact) mass is 411 g/mol. The summed E-state index contributed by atoms with van der Waals surface area (Å²) < 4.78 is 8.82. The van der Waals surface area contributed by atoms with Crippen LogP contribution in [0.5, 0.6) is 5.88 Å². The summed E-state index contributed by atoms with van der Waals surface area (Å²) in [6, 6.07) is 14.7. The van der Waals surface area contributed by atoms with E-state index in [0.717, 1.165) is 22.3 Å². The lowest BCUT2D eigenvalue weighted by atomic mass is 9.99. The number of hydrogen-bond acceptors (Lipinski definition) is 5. The Hall–Kier alpha value is -4.18. The zero-order chi connectivity index (χ0) is 22.0. The van der Waals surface area contributed by atoms with Crippen molar-refractivity contribution in [2.45, 2.75) is 20.0 Å². The Kier molecular flexibility index (Phi) is 5.37. The van der Waals surface area contributed by atoms with Gasteiger partial charge in [-0.3, -0.25) is 4.79 Å². The van der Waals surface area contributed by atoms with Gasteiger partial charge in [0.25, 0.3) is 5.56 Å². The third-order valence-corrected chi connectivity index (χ3v) is 4.80. The largest absolute Gasteiger partial charge is 0.475 e. The van der Waals surface area contributed by atoms with Gasteiger partial charge in [0.05, 0.1) is 23.6 Å². The maximum atomic E-state index is 12.4. The minimum absolute atomic E-state index is 0.0278. The lowest BCUT2D eigenvalue weighted by Gasteiger charge is -2.12. The summed E-state index contributed by atoms with van der Waals surface area (Å²) in [5.74, 6) is 0.532. The SMILES string of the molecule is CC(C)Oc1ccc(-c2cc(=O)n(C)cc2-c2cnn(-c3ccccc3C#N)c2)cn1. The molecule has 0 aliphatic rings. The van der Waals surface area contributed by atoms with Gasteiger partial charge < -0.3 is 9.30 Å². The molecule has 0 radical (unpaired) electrons. The highest BCUT2D eigenvalue weighted by Gasteiger charge is 2.14. The van der Waals surface area contributed by atoms with E-state index in [4.69, 9.17) is 4.74 Å². The molecule has 4 rings (SSSR count). The molecular weight excluding hydrogens is 390 g/mol. The number of nitriles is 1. The van der Waals surface area contributed by atoms with Crippen LogP contribution in [-0.2, 0) is 7.05 Å². The number of hydrogen-bond donors (Lipinski definition) is 0. The molecule has 0 N–H and O–H groups in total. The van der Waals surface area contributed by atoms with Crippen LogP contribution in [0.1, 0.15) is 19.4 Å². The molecule has 1 aromatic carbocycles. The number of ether oxygens (including phenoxy) is 1. The van der Waals surface area contributed by atoms with Gasteiger partial charge >= 0.3 is 0 Å². The molecule has 0 atom stereocenters. The second-order valence-electron chi connectivity index (χ2n) is 7.40. The van der Waals surface area contributed by atoms with Crippen molar-refractivity contribution in [1.29, 1.82) is 5.26 Å². The fourth-order valence-corrected chi connectivity index (χ4v) is 3.31. The van der Waals surface area contributed by atoms with Gasteiger partial charge in [0.2, 0.25) is 5.88 Å². The Morgan fingerprint density at radius 3 is 2.55 bits per heavy atom. The van der Waals surface area contributed by atoms with Crippen molar-refractivity contribution >= 4 is 0 Å². The van der Waals surface area contributed by atoms with Crippen LogP contribution >= 0.6 is 0 Å². The number of aryl methyl sites for hydroxylation is 1. The molecule has 0 bridgehead atoms. The van der Waals surface area contributed by atoms with Crippen LogP contribution in [0.4, 0.5) is 0 Å². The summed E-state index contributed by atoms with van der Waals surface area (Å²) in [6.45, 7) is 3.88. The number of benzene rings is 1. The molecule has 0 amide bonds. The molecule has 0 aliphatic heterocycles. The van der Waals surface area contributed by atoms with Gasteiger partial charge in [-0.05, 0) is 37.6 Å². The molecule has 3 heterocycles. The topological polar surface area (TPSA) is 85.7 Å². The molecule has 154 valence electrons. The summed E-state index contributed by atoms with van der Waals surface area (Å²) in [7, 11) is 1.71. The van der Waals surface area contributed by atoms with E-state index in [1.807, 2.05) is 44.3 Å². The molecule has 0 fully saturated rings. The summed E-state index contributed by atoms with van der Waals surface area (Å²) in [4.78, 5) is 16.7. The third kappa shape index (κ3) is 4.09. The lowest BCUT2D eigenvalue weighted by Crippen LogP contribution is -2.15. The predicted octanol–water partition coefficient (Wildman–Crippen LogP) is 3.96. The van der Waals surface area contributed by atoms with E-state index >= 15 is 0 Å². The minimum Gasteiger partial charge on any atom is -0.475 e. The molecule has 31 heavy (non-hydrogen) atoms. The number of pyridine rings is 2. The van der Waals surface area contributed by atoms with Crippen molar-refractivity contribution in [2.75, 3.05) is 0 Å². The Labute approximate surface area is 179 Å². The number of aromatic nitrogens is 4. The molecule has 0 aliphatic carbocycles. The van der Waals surface area contributed by atoms with E-state index < -0.39 is 0 Å². The molecule has 3 aromatic heterocycles. The molecule has 0 spiro atoms. The van der Waals surface area contributed by atoms with Crippen LogP contribution in [0.2, 0.25) is 0 Å². The van der Waals surface area contributed by atoms with Crippen molar-refractivity contribution in [2.24, 2.45) is 7.05 Å². The van der Waals surface area contributed by atoms with E-state index in [1.54, 1.807) is 48.5 Å². The maximum absolute atomic E-state index is 12.4. The van der Waals surface area contributed by atoms with Crippen LogP contribution < -0.4 is 10.3 Å². The number of para-hydroxylation sites is 1. The fourth-order valence-electron chi connectivity index (χ4n) is 3.31. The normalized spacial score (nSPS) is 10.8. The van der Waals surface area contributed by atoms with Gasteiger partial charge in [-0.1, -0.05) is 12.1 Å². The molecule has 4 aromatic rings. The molecule has 7 nitrogen and oxygen atoms in total. The first kappa shape index (κ1) is 20.1. The van der Waals surface area contributed by atoms with E-state index in [2.05, 4.69) is 16.2 Å². The van der Waals surface area contributed by atoms with E-state index in [-0.39, 0.29) is 11.7 Å². The summed E-state index contributed by atoms with van der Waals surface area (Å²) >= 11 is 0. The molecule has 0 saturated carbocycles. The van der Waals surface area contributed by atoms with E-state index in [0.29, 0.717) is 17.1 Å². The molecule has 0 saturated heterocycles. The van der Waals surface area contributed by atoms with Gasteiger partial charge in [-0.25, -0.2) is 9.67 Å². The Morgan fingerprint density at radius 1 is 1.03 bits per heavy atom. The van der Waals surface area contributed by atoms with Crippen LogP contribution in [0.3, 0.4) is 0 Å². The van der Waals surface area contributed by atoms with Crippen LogP contribution in [0.15, 0.2) is 72.0 Å². The Balaban J connectivity index is 1.80. The van der Waals surface area contributed by atoms with E-state index in [9.17, 15) is 10.1 Å². The fraction of sp³-hybridized carbons (Fsp3) is 0.167. The highest BCUT2D eigenvalue weighted by molar-refractivity contribution is 5.82. The summed E-state index contributed by atoms with van der Waals surface area (Å²) in [5.41, 5.74) is 4.31. The van der Waals surface area contributed by atoms with Gasteiger partial charge in [-0.15, -0.1) is 0 Å². The zero-order valence-corrected chi connectivity index (χ0v) is 17.5. The Morgan fingerprint density at radius 2 is 1.84 bits per heavy atom. The van der Waals surface area contributed by atoms with Crippen molar-refractivity contribution in [1.82, 2.24) is 19.3 Å². The first-order valence-electron chi connectivity index (χ1n) is 9.84. The second kappa shape index (κ2) is 8.28. The van der Waals surface area contributed by atoms with Gasteiger partial charge in [-0.2, -0.15) is 10.4 Å². The van der Waals surface area contributed by atoms with Gasteiger partial charge in [0.1, 0.15) is 6.07 Å². The number of rotatable bonds is 5. The molecular formula is C24H21N5O2. The quantitative estimate of drug-likeness (QED) is 0.496.